The average Bonchev–Trinajstić information content (AvgIpc) is 2.94. The third-order valence-corrected chi connectivity index (χ3v) is 5.56. The van der Waals surface area contributed by atoms with Crippen LogP contribution in [0.5, 0.6) is 5.75 Å². The van der Waals surface area contributed by atoms with Crippen LogP contribution in [0, 0.1) is 0 Å². The second-order valence-corrected chi connectivity index (χ2v) is 8.17. The monoisotopic (exact) mass is 498 g/mol. The molecule has 0 spiro atoms. The molecule has 9 heteroatoms. The number of aryl methyl sites for hydroxylation is 1. The highest BCUT2D eigenvalue weighted by molar-refractivity contribution is 6.05. The number of hydrazone groups is 1. The number of nitrogens with zero attached hydrogens (tertiary/aromatic N) is 3. The number of hydrogen-bond acceptors (Lipinski definition) is 7. The van der Waals surface area contributed by atoms with Gasteiger partial charge in [0.2, 0.25) is 0 Å². The molecule has 3 aromatic carbocycles. The Balaban J connectivity index is 1.38. The van der Waals surface area contributed by atoms with Gasteiger partial charge in [0.25, 0.3) is 11.5 Å². The Hall–Kier alpha value is -4.79. The highest BCUT2D eigenvalue weighted by Gasteiger charge is 2.16. The second-order valence-electron chi connectivity index (χ2n) is 8.17. The Morgan fingerprint density at radius 2 is 1.70 bits per heavy atom. The molecule has 0 unspecified atom stereocenters. The number of aromatic nitrogens is 2. The summed E-state index contributed by atoms with van der Waals surface area (Å²) in [5.74, 6) is -0.228. The molecule has 0 saturated carbocycles. The molecule has 4 rings (SSSR count). The van der Waals surface area contributed by atoms with Crippen molar-refractivity contribution in [2.45, 2.75) is 26.5 Å². The lowest BCUT2D eigenvalue weighted by atomic mass is 10.1. The Bertz CT molecular complexity index is 1490. The number of benzene rings is 3. The molecule has 37 heavy (non-hydrogen) atoms. The molecule has 0 bridgehead atoms. The maximum absolute atomic E-state index is 12.8. The van der Waals surface area contributed by atoms with Gasteiger partial charge in [-0.15, -0.1) is 0 Å². The first-order valence-electron chi connectivity index (χ1n) is 11.7. The van der Waals surface area contributed by atoms with Crippen LogP contribution < -0.4 is 15.7 Å². The molecule has 1 N–H and O–H groups in total. The lowest BCUT2D eigenvalue weighted by molar-refractivity contribution is 0.0600. The molecule has 0 aliphatic rings. The number of carbonyl (C=O) groups excluding carboxylic acids is 2. The van der Waals surface area contributed by atoms with E-state index in [0.717, 1.165) is 11.1 Å². The number of fused-ring (bicyclic) bond motifs is 1. The molecule has 0 radical (unpaired) electrons. The standard InChI is InChI=1S/C28H26N4O5/c1-3-16-32-27(34)24-7-5-4-6-23(24)25(31-32)26(33)30-29-17-19-10-14-22(15-11-19)37-18-20-8-12-21(13-9-20)28(35)36-2/h4-15,17H,3,16,18H2,1-2H3,(H,30,33)/b29-17+. The van der Waals surface area contributed by atoms with Gasteiger partial charge < -0.3 is 9.47 Å². The van der Waals surface area contributed by atoms with Crippen molar-refractivity contribution in [1.29, 1.82) is 0 Å². The Labute approximate surface area is 213 Å². The Kier molecular flexibility index (Phi) is 8.05. The Morgan fingerprint density at radius 1 is 1.00 bits per heavy atom. The summed E-state index contributed by atoms with van der Waals surface area (Å²) in [5.41, 5.74) is 4.56. The summed E-state index contributed by atoms with van der Waals surface area (Å²) in [5, 5.41) is 9.23. The van der Waals surface area contributed by atoms with E-state index >= 15 is 0 Å². The van der Waals surface area contributed by atoms with Crippen LogP contribution in [-0.4, -0.2) is 35.0 Å². The van der Waals surface area contributed by atoms with Crippen LogP contribution in [0.25, 0.3) is 10.8 Å². The molecule has 4 aromatic rings. The molecular formula is C28H26N4O5. The van der Waals surface area contributed by atoms with Crippen molar-refractivity contribution in [1.82, 2.24) is 15.2 Å². The van der Waals surface area contributed by atoms with Gasteiger partial charge >= 0.3 is 5.97 Å². The molecule has 1 amide bonds. The van der Waals surface area contributed by atoms with Crippen LogP contribution in [0.4, 0.5) is 0 Å². The van der Waals surface area contributed by atoms with Gasteiger partial charge in [-0.25, -0.2) is 14.9 Å². The molecule has 1 aromatic heterocycles. The van der Waals surface area contributed by atoms with Crippen molar-refractivity contribution in [3.8, 4) is 5.75 Å². The molecule has 0 atom stereocenters. The number of methoxy groups -OCH3 is 1. The molecule has 9 nitrogen and oxygen atoms in total. The average molecular weight is 499 g/mol. The van der Waals surface area contributed by atoms with Crippen molar-refractivity contribution in [3.05, 3.63) is 106 Å². The number of ether oxygens (including phenoxy) is 2. The highest BCUT2D eigenvalue weighted by atomic mass is 16.5. The summed E-state index contributed by atoms with van der Waals surface area (Å²) >= 11 is 0. The van der Waals surface area contributed by atoms with Gasteiger partial charge in [0.1, 0.15) is 12.4 Å². The van der Waals surface area contributed by atoms with Gasteiger partial charge in [-0.1, -0.05) is 37.3 Å². The molecule has 0 aliphatic heterocycles. The summed E-state index contributed by atoms with van der Waals surface area (Å²) in [6.07, 6.45) is 2.23. The number of carbonyl (C=O) groups is 2. The predicted molar refractivity (Wildman–Crippen MR) is 140 cm³/mol. The van der Waals surface area contributed by atoms with Crippen LogP contribution >= 0.6 is 0 Å². The van der Waals surface area contributed by atoms with Crippen molar-refractivity contribution in [2.24, 2.45) is 5.10 Å². The quantitative estimate of drug-likeness (QED) is 0.213. The molecular weight excluding hydrogens is 472 g/mol. The zero-order valence-corrected chi connectivity index (χ0v) is 20.5. The van der Waals surface area contributed by atoms with E-state index in [2.05, 4.69) is 15.6 Å². The van der Waals surface area contributed by atoms with Crippen LogP contribution in [0.15, 0.2) is 82.7 Å². The normalized spacial score (nSPS) is 11.0. The fraction of sp³-hybridized carbons (Fsp3) is 0.179. The van der Waals surface area contributed by atoms with Gasteiger partial charge in [-0.05, 0) is 60.0 Å². The Morgan fingerprint density at radius 3 is 2.38 bits per heavy atom. The molecule has 0 saturated heterocycles. The fourth-order valence-corrected chi connectivity index (χ4v) is 3.66. The first-order valence-corrected chi connectivity index (χ1v) is 11.7. The highest BCUT2D eigenvalue weighted by Crippen LogP contribution is 2.15. The van der Waals surface area contributed by atoms with Gasteiger partial charge in [-0.2, -0.15) is 10.2 Å². The minimum Gasteiger partial charge on any atom is -0.489 e. The summed E-state index contributed by atoms with van der Waals surface area (Å²) in [6, 6.07) is 21.1. The van der Waals surface area contributed by atoms with Crippen molar-refractivity contribution in [2.75, 3.05) is 7.11 Å². The van der Waals surface area contributed by atoms with Gasteiger partial charge in [-0.3, -0.25) is 9.59 Å². The largest absolute Gasteiger partial charge is 0.489 e. The number of rotatable bonds is 9. The molecule has 188 valence electrons. The number of esters is 1. The maximum Gasteiger partial charge on any atom is 0.337 e. The zero-order valence-electron chi connectivity index (χ0n) is 20.5. The van der Waals surface area contributed by atoms with E-state index in [1.54, 1.807) is 60.7 Å². The first-order chi connectivity index (χ1) is 18.0. The number of hydrogen-bond donors (Lipinski definition) is 1. The number of nitrogens with one attached hydrogen (secondary N) is 1. The maximum atomic E-state index is 12.8. The van der Waals surface area contributed by atoms with E-state index in [4.69, 9.17) is 9.47 Å². The molecule has 0 fully saturated rings. The third-order valence-electron chi connectivity index (χ3n) is 5.56. The first kappa shape index (κ1) is 25.3. The van der Waals surface area contributed by atoms with Gasteiger partial charge in [0.15, 0.2) is 5.69 Å². The lowest BCUT2D eigenvalue weighted by Crippen LogP contribution is -2.29. The van der Waals surface area contributed by atoms with Crippen molar-refractivity contribution < 1.29 is 19.1 Å². The van der Waals surface area contributed by atoms with Gasteiger partial charge in [0.05, 0.1) is 24.3 Å². The third kappa shape index (κ3) is 6.07. The SMILES string of the molecule is CCCn1nc(C(=O)N/N=C/c2ccc(OCc3ccc(C(=O)OC)cc3)cc2)c2ccccc2c1=O. The minimum absolute atomic E-state index is 0.143. The van der Waals surface area contributed by atoms with E-state index in [-0.39, 0.29) is 17.2 Å². The minimum atomic E-state index is -0.504. The van der Waals surface area contributed by atoms with Crippen LogP contribution in [0.3, 0.4) is 0 Å². The van der Waals surface area contributed by atoms with E-state index in [1.165, 1.54) is 18.0 Å². The summed E-state index contributed by atoms with van der Waals surface area (Å²) in [7, 11) is 1.34. The van der Waals surface area contributed by atoms with E-state index in [9.17, 15) is 14.4 Å². The zero-order chi connectivity index (χ0) is 26.2. The van der Waals surface area contributed by atoms with Crippen LogP contribution in [0.2, 0.25) is 0 Å². The van der Waals surface area contributed by atoms with Crippen LogP contribution in [0.1, 0.15) is 45.3 Å². The van der Waals surface area contributed by atoms with Crippen molar-refractivity contribution in [3.63, 3.8) is 0 Å². The summed E-state index contributed by atoms with van der Waals surface area (Å²) in [6.45, 7) is 2.69. The van der Waals surface area contributed by atoms with Crippen LogP contribution in [-0.2, 0) is 17.9 Å². The van der Waals surface area contributed by atoms with Crippen molar-refractivity contribution >= 4 is 28.9 Å². The van der Waals surface area contributed by atoms with E-state index in [0.29, 0.717) is 41.7 Å². The lowest BCUT2D eigenvalue weighted by Gasteiger charge is -2.09. The molecule has 0 aliphatic carbocycles. The second kappa shape index (κ2) is 11.8. The van der Waals surface area contributed by atoms with E-state index in [1.807, 2.05) is 19.1 Å². The predicted octanol–water partition coefficient (Wildman–Crippen LogP) is 3.94. The molecule has 1 heterocycles. The fourth-order valence-electron chi connectivity index (χ4n) is 3.66. The van der Waals surface area contributed by atoms with E-state index < -0.39 is 5.91 Å². The van der Waals surface area contributed by atoms with Gasteiger partial charge in [0, 0.05) is 11.9 Å². The topological polar surface area (TPSA) is 112 Å². The smallest absolute Gasteiger partial charge is 0.337 e. The summed E-state index contributed by atoms with van der Waals surface area (Å²) in [4.78, 5) is 36.9. The summed E-state index contributed by atoms with van der Waals surface area (Å²) < 4.78 is 11.8. The number of amides is 1.